The molecule has 1 aromatic heterocycles. The minimum absolute atomic E-state index is 0.255. The van der Waals surface area contributed by atoms with Gasteiger partial charge < -0.3 is 4.74 Å². The lowest BCUT2D eigenvalue weighted by molar-refractivity contribution is 0.292. The van der Waals surface area contributed by atoms with Gasteiger partial charge in [-0.3, -0.25) is 4.98 Å². The van der Waals surface area contributed by atoms with E-state index in [2.05, 4.69) is 9.97 Å². The van der Waals surface area contributed by atoms with Crippen LogP contribution in [0, 0.1) is 11.3 Å². The summed E-state index contributed by atoms with van der Waals surface area (Å²) in [4.78, 5) is 7.82. The molecule has 1 aromatic carbocycles. The van der Waals surface area contributed by atoms with Gasteiger partial charge in [-0.1, -0.05) is 30.3 Å². The molecule has 0 aliphatic heterocycles. The first-order valence-electron chi connectivity index (χ1n) is 4.77. The average Bonchev–Trinajstić information content (AvgIpc) is 2.38. The fourth-order valence-electron chi connectivity index (χ4n) is 1.20. The van der Waals surface area contributed by atoms with Crippen molar-refractivity contribution in [2.75, 3.05) is 0 Å². The molecule has 0 aliphatic carbocycles. The highest BCUT2D eigenvalue weighted by molar-refractivity contribution is 5.20. The Morgan fingerprint density at radius 2 is 2.00 bits per heavy atom. The number of rotatable bonds is 3. The average molecular weight is 211 g/mol. The summed E-state index contributed by atoms with van der Waals surface area (Å²) in [6.45, 7) is 0.421. The van der Waals surface area contributed by atoms with Crippen LogP contribution >= 0.6 is 0 Å². The maximum Gasteiger partial charge on any atom is 0.233 e. The first-order valence-corrected chi connectivity index (χ1v) is 4.77. The summed E-state index contributed by atoms with van der Waals surface area (Å²) < 4.78 is 5.41. The third-order valence-electron chi connectivity index (χ3n) is 1.96. The van der Waals surface area contributed by atoms with Crippen LogP contribution in [0.25, 0.3) is 0 Å². The third-order valence-corrected chi connectivity index (χ3v) is 1.96. The van der Waals surface area contributed by atoms with Crippen molar-refractivity contribution in [3.63, 3.8) is 0 Å². The molecular formula is C12H9N3O. The first kappa shape index (κ1) is 10.1. The van der Waals surface area contributed by atoms with Crippen LogP contribution in [0.1, 0.15) is 11.3 Å². The quantitative estimate of drug-likeness (QED) is 0.778. The number of hydrogen-bond donors (Lipinski definition) is 0. The number of nitriles is 1. The molecule has 4 heteroatoms. The monoisotopic (exact) mass is 211 g/mol. The summed E-state index contributed by atoms with van der Waals surface area (Å²) >= 11 is 0. The van der Waals surface area contributed by atoms with Crippen LogP contribution in [0.2, 0.25) is 0 Å². The van der Waals surface area contributed by atoms with Crippen LogP contribution in [0.15, 0.2) is 42.7 Å². The molecule has 2 rings (SSSR count). The maximum absolute atomic E-state index is 8.64. The molecule has 0 bridgehead atoms. The van der Waals surface area contributed by atoms with Gasteiger partial charge in [-0.25, -0.2) is 0 Å². The van der Waals surface area contributed by atoms with Crippen molar-refractivity contribution in [1.82, 2.24) is 9.97 Å². The lowest BCUT2D eigenvalue weighted by Crippen LogP contribution is -1.98. The SMILES string of the molecule is N#Cc1cncc(OCc2ccccc2)n1. The van der Waals surface area contributed by atoms with E-state index in [1.807, 2.05) is 36.4 Å². The van der Waals surface area contributed by atoms with Gasteiger partial charge in [0.15, 0.2) is 5.69 Å². The molecule has 0 aliphatic rings. The number of benzene rings is 1. The van der Waals surface area contributed by atoms with E-state index in [1.54, 1.807) is 0 Å². The molecule has 0 saturated carbocycles. The number of nitrogens with zero attached hydrogens (tertiary/aromatic N) is 3. The van der Waals surface area contributed by atoms with Crippen molar-refractivity contribution in [3.8, 4) is 11.9 Å². The minimum Gasteiger partial charge on any atom is -0.472 e. The van der Waals surface area contributed by atoms with Crippen LogP contribution < -0.4 is 4.74 Å². The van der Waals surface area contributed by atoms with Crippen molar-refractivity contribution in [2.45, 2.75) is 6.61 Å². The molecule has 0 spiro atoms. The number of aromatic nitrogens is 2. The van der Waals surface area contributed by atoms with E-state index in [1.165, 1.54) is 12.4 Å². The van der Waals surface area contributed by atoms with Crippen LogP contribution in [-0.2, 0) is 6.61 Å². The summed E-state index contributed by atoms with van der Waals surface area (Å²) in [6, 6.07) is 11.7. The lowest BCUT2D eigenvalue weighted by atomic mass is 10.2. The summed E-state index contributed by atoms with van der Waals surface area (Å²) in [5.41, 5.74) is 1.30. The fraction of sp³-hybridized carbons (Fsp3) is 0.0833. The van der Waals surface area contributed by atoms with Crippen molar-refractivity contribution in [2.24, 2.45) is 0 Å². The molecule has 4 nitrogen and oxygen atoms in total. The second kappa shape index (κ2) is 4.89. The molecule has 0 fully saturated rings. The van der Waals surface area contributed by atoms with Gasteiger partial charge in [-0.15, -0.1) is 0 Å². The predicted octanol–water partition coefficient (Wildman–Crippen LogP) is 1.93. The molecule has 0 amide bonds. The molecule has 0 atom stereocenters. The van der Waals surface area contributed by atoms with Crippen molar-refractivity contribution in [3.05, 3.63) is 54.0 Å². The van der Waals surface area contributed by atoms with Gasteiger partial charge in [0, 0.05) is 0 Å². The Hall–Kier alpha value is -2.41. The highest BCUT2D eigenvalue weighted by Crippen LogP contribution is 2.08. The van der Waals surface area contributed by atoms with Crippen molar-refractivity contribution >= 4 is 0 Å². The Labute approximate surface area is 93.2 Å². The summed E-state index contributed by atoms with van der Waals surface area (Å²) in [6.07, 6.45) is 2.89. The summed E-state index contributed by atoms with van der Waals surface area (Å²) in [5.74, 6) is 0.364. The second-order valence-electron chi connectivity index (χ2n) is 3.13. The van der Waals surface area contributed by atoms with E-state index in [0.29, 0.717) is 12.5 Å². The molecule has 0 unspecified atom stereocenters. The van der Waals surface area contributed by atoms with E-state index in [4.69, 9.17) is 10.00 Å². The van der Waals surface area contributed by atoms with Gasteiger partial charge in [0.05, 0.1) is 12.4 Å². The standard InChI is InChI=1S/C12H9N3O/c13-6-11-7-14-8-12(15-11)16-9-10-4-2-1-3-5-10/h1-5,7-8H,9H2. The highest BCUT2D eigenvalue weighted by atomic mass is 16.5. The van der Waals surface area contributed by atoms with Gasteiger partial charge in [-0.05, 0) is 5.56 Å². The molecule has 1 heterocycles. The first-order chi connectivity index (χ1) is 7.88. The molecular weight excluding hydrogens is 202 g/mol. The molecule has 0 N–H and O–H groups in total. The smallest absolute Gasteiger partial charge is 0.233 e. The largest absolute Gasteiger partial charge is 0.472 e. The normalized spacial score (nSPS) is 9.44. The third kappa shape index (κ3) is 2.55. The van der Waals surface area contributed by atoms with Gasteiger partial charge in [-0.2, -0.15) is 10.2 Å². The number of hydrogen-bond acceptors (Lipinski definition) is 4. The highest BCUT2D eigenvalue weighted by Gasteiger charge is 1.99. The van der Waals surface area contributed by atoms with Crippen LogP contribution in [0.3, 0.4) is 0 Å². The van der Waals surface area contributed by atoms with Gasteiger partial charge in [0.2, 0.25) is 5.88 Å². The van der Waals surface area contributed by atoms with E-state index >= 15 is 0 Å². The predicted molar refractivity (Wildman–Crippen MR) is 57.5 cm³/mol. The summed E-state index contributed by atoms with van der Waals surface area (Å²) in [7, 11) is 0. The second-order valence-corrected chi connectivity index (χ2v) is 3.13. The Balaban J connectivity index is 2.03. The number of ether oxygens (including phenoxy) is 1. The minimum atomic E-state index is 0.255. The Bertz CT molecular complexity index is 505. The lowest BCUT2D eigenvalue weighted by Gasteiger charge is -2.04. The zero-order chi connectivity index (χ0) is 11.2. The van der Waals surface area contributed by atoms with Crippen LogP contribution in [0.4, 0.5) is 0 Å². The Morgan fingerprint density at radius 1 is 1.19 bits per heavy atom. The van der Waals surface area contributed by atoms with E-state index in [-0.39, 0.29) is 5.69 Å². The van der Waals surface area contributed by atoms with Gasteiger partial charge in [0.25, 0.3) is 0 Å². The van der Waals surface area contributed by atoms with E-state index in [0.717, 1.165) is 5.56 Å². The molecule has 0 saturated heterocycles. The Morgan fingerprint density at radius 3 is 2.75 bits per heavy atom. The topological polar surface area (TPSA) is 58.8 Å². The van der Waals surface area contributed by atoms with Gasteiger partial charge >= 0.3 is 0 Å². The van der Waals surface area contributed by atoms with Gasteiger partial charge in [0.1, 0.15) is 12.7 Å². The zero-order valence-electron chi connectivity index (χ0n) is 8.50. The molecule has 78 valence electrons. The zero-order valence-corrected chi connectivity index (χ0v) is 8.50. The van der Waals surface area contributed by atoms with Crippen LogP contribution in [-0.4, -0.2) is 9.97 Å². The maximum atomic E-state index is 8.64. The van der Waals surface area contributed by atoms with E-state index in [9.17, 15) is 0 Å². The van der Waals surface area contributed by atoms with Crippen molar-refractivity contribution in [1.29, 1.82) is 5.26 Å². The molecule has 2 aromatic rings. The fourth-order valence-corrected chi connectivity index (χ4v) is 1.20. The van der Waals surface area contributed by atoms with Crippen molar-refractivity contribution < 1.29 is 4.74 Å². The van der Waals surface area contributed by atoms with Crippen LogP contribution in [0.5, 0.6) is 5.88 Å². The summed E-state index contributed by atoms with van der Waals surface area (Å²) in [5, 5.41) is 8.64. The molecule has 16 heavy (non-hydrogen) atoms. The molecule has 0 radical (unpaired) electrons. The van der Waals surface area contributed by atoms with E-state index < -0.39 is 0 Å². The Kier molecular flexibility index (Phi) is 3.10.